The van der Waals surface area contributed by atoms with Crippen molar-refractivity contribution < 1.29 is 0 Å². The van der Waals surface area contributed by atoms with Gasteiger partial charge in [-0.3, -0.25) is 0 Å². The van der Waals surface area contributed by atoms with E-state index in [9.17, 15) is 0 Å². The summed E-state index contributed by atoms with van der Waals surface area (Å²) in [7, 11) is 0. The fourth-order valence-electron chi connectivity index (χ4n) is 2.65. The van der Waals surface area contributed by atoms with Crippen LogP contribution in [0.2, 0.25) is 0 Å². The normalized spacial score (nSPS) is 26.1. The first kappa shape index (κ1) is 12.8. The van der Waals surface area contributed by atoms with Crippen LogP contribution in [-0.2, 0) is 0 Å². The van der Waals surface area contributed by atoms with Crippen molar-refractivity contribution in [3.63, 3.8) is 0 Å². The topological polar surface area (TPSA) is 12.0 Å². The van der Waals surface area contributed by atoms with Crippen LogP contribution in [0, 0.1) is 17.8 Å². The van der Waals surface area contributed by atoms with Crippen LogP contribution in [0.1, 0.15) is 46.0 Å². The Labute approximate surface area is 95.3 Å². The van der Waals surface area contributed by atoms with Gasteiger partial charge in [0, 0.05) is 0 Å². The third-order valence-corrected chi connectivity index (χ3v) is 3.52. The maximum atomic E-state index is 3.82. The van der Waals surface area contributed by atoms with E-state index in [1.807, 2.05) is 0 Å². The summed E-state index contributed by atoms with van der Waals surface area (Å²) in [5.74, 6) is 2.67. The van der Waals surface area contributed by atoms with E-state index in [2.05, 4.69) is 31.8 Å². The molecule has 1 aliphatic rings. The number of rotatable bonds is 7. The van der Waals surface area contributed by atoms with Gasteiger partial charge in [-0.25, -0.2) is 0 Å². The highest BCUT2D eigenvalue weighted by atomic mass is 14.9. The highest BCUT2D eigenvalue weighted by Gasteiger charge is 2.25. The van der Waals surface area contributed by atoms with Crippen LogP contribution in [0.25, 0.3) is 0 Å². The maximum Gasteiger partial charge on any atom is -0.00178 e. The Kier molecular flexibility index (Phi) is 6.00. The lowest BCUT2D eigenvalue weighted by molar-refractivity contribution is 0.343. The van der Waals surface area contributed by atoms with Gasteiger partial charge in [-0.1, -0.05) is 32.8 Å². The Balaban J connectivity index is 2.17. The van der Waals surface area contributed by atoms with Crippen molar-refractivity contribution in [1.29, 1.82) is 0 Å². The standard InChI is InChI=1S/C14H27N/c1-4-5-7-13-8-6-9-14(13)11-15-10-12(2)3/h4,12-15H,1,5-11H2,2-3H3. The van der Waals surface area contributed by atoms with Crippen molar-refractivity contribution in [2.45, 2.75) is 46.0 Å². The first-order chi connectivity index (χ1) is 7.24. The third kappa shape index (κ3) is 4.83. The van der Waals surface area contributed by atoms with E-state index < -0.39 is 0 Å². The molecule has 0 saturated heterocycles. The van der Waals surface area contributed by atoms with Gasteiger partial charge in [0.1, 0.15) is 0 Å². The number of allylic oxidation sites excluding steroid dienone is 1. The Morgan fingerprint density at radius 3 is 2.73 bits per heavy atom. The van der Waals surface area contributed by atoms with E-state index in [0.29, 0.717) is 0 Å². The second-order valence-corrected chi connectivity index (χ2v) is 5.37. The Bertz CT molecular complexity index is 174. The van der Waals surface area contributed by atoms with Gasteiger partial charge in [-0.05, 0) is 50.1 Å². The molecule has 0 spiro atoms. The minimum atomic E-state index is 0.776. The Hall–Kier alpha value is -0.300. The van der Waals surface area contributed by atoms with Crippen LogP contribution in [-0.4, -0.2) is 13.1 Å². The van der Waals surface area contributed by atoms with E-state index in [1.165, 1.54) is 45.2 Å². The van der Waals surface area contributed by atoms with Crippen molar-refractivity contribution in [2.24, 2.45) is 17.8 Å². The molecule has 88 valence electrons. The molecule has 1 N–H and O–H groups in total. The predicted octanol–water partition coefficient (Wildman–Crippen LogP) is 3.61. The highest BCUT2D eigenvalue weighted by molar-refractivity contribution is 4.81. The molecule has 1 heteroatoms. The molecule has 0 heterocycles. The Morgan fingerprint density at radius 2 is 2.07 bits per heavy atom. The number of hydrogen-bond acceptors (Lipinski definition) is 1. The lowest BCUT2D eigenvalue weighted by Crippen LogP contribution is -2.28. The molecule has 1 saturated carbocycles. The molecule has 15 heavy (non-hydrogen) atoms. The van der Waals surface area contributed by atoms with Crippen LogP contribution in [0.5, 0.6) is 0 Å². The smallest absolute Gasteiger partial charge is 0.00178 e. The molecular formula is C14H27N. The lowest BCUT2D eigenvalue weighted by Gasteiger charge is -2.20. The summed E-state index contributed by atoms with van der Waals surface area (Å²) in [6, 6.07) is 0. The van der Waals surface area contributed by atoms with Gasteiger partial charge in [0.2, 0.25) is 0 Å². The van der Waals surface area contributed by atoms with Gasteiger partial charge in [0.25, 0.3) is 0 Å². The van der Waals surface area contributed by atoms with Gasteiger partial charge >= 0.3 is 0 Å². The summed E-state index contributed by atoms with van der Waals surface area (Å²) in [5, 5.41) is 3.61. The van der Waals surface area contributed by atoms with Crippen molar-refractivity contribution in [3.05, 3.63) is 12.7 Å². The molecule has 0 bridgehead atoms. The average Bonchev–Trinajstić information content (AvgIpc) is 2.62. The second kappa shape index (κ2) is 7.05. The molecular weight excluding hydrogens is 182 g/mol. The molecule has 0 aromatic heterocycles. The van der Waals surface area contributed by atoms with Crippen LogP contribution in [0.3, 0.4) is 0 Å². The van der Waals surface area contributed by atoms with E-state index in [0.717, 1.165) is 17.8 Å². The van der Waals surface area contributed by atoms with Crippen LogP contribution >= 0.6 is 0 Å². The first-order valence-electron chi connectivity index (χ1n) is 6.55. The summed E-state index contributed by atoms with van der Waals surface area (Å²) < 4.78 is 0. The number of hydrogen-bond donors (Lipinski definition) is 1. The highest BCUT2D eigenvalue weighted by Crippen LogP contribution is 2.34. The summed E-state index contributed by atoms with van der Waals surface area (Å²) in [6.45, 7) is 10.8. The zero-order valence-corrected chi connectivity index (χ0v) is 10.5. The summed E-state index contributed by atoms with van der Waals surface area (Å²) >= 11 is 0. The van der Waals surface area contributed by atoms with Crippen molar-refractivity contribution in [3.8, 4) is 0 Å². The summed E-state index contributed by atoms with van der Waals surface area (Å²) in [5.41, 5.74) is 0. The minimum Gasteiger partial charge on any atom is -0.316 e. The molecule has 0 radical (unpaired) electrons. The zero-order chi connectivity index (χ0) is 11.1. The van der Waals surface area contributed by atoms with Crippen molar-refractivity contribution in [2.75, 3.05) is 13.1 Å². The average molecular weight is 209 g/mol. The zero-order valence-electron chi connectivity index (χ0n) is 10.5. The molecule has 2 atom stereocenters. The molecule has 0 aromatic carbocycles. The molecule has 1 fully saturated rings. The van der Waals surface area contributed by atoms with Gasteiger partial charge in [0.15, 0.2) is 0 Å². The predicted molar refractivity (Wildman–Crippen MR) is 68.0 cm³/mol. The van der Waals surface area contributed by atoms with E-state index in [4.69, 9.17) is 0 Å². The number of nitrogens with one attached hydrogen (secondary N) is 1. The van der Waals surface area contributed by atoms with Crippen molar-refractivity contribution in [1.82, 2.24) is 5.32 Å². The summed E-state index contributed by atoms with van der Waals surface area (Å²) in [6.07, 6.45) is 8.95. The summed E-state index contributed by atoms with van der Waals surface area (Å²) in [4.78, 5) is 0. The molecule has 1 aliphatic carbocycles. The first-order valence-corrected chi connectivity index (χ1v) is 6.55. The molecule has 0 amide bonds. The van der Waals surface area contributed by atoms with Gasteiger partial charge in [0.05, 0.1) is 0 Å². The van der Waals surface area contributed by atoms with Gasteiger partial charge in [-0.15, -0.1) is 6.58 Å². The SMILES string of the molecule is C=CCCC1CCCC1CNCC(C)C. The molecule has 1 nitrogen and oxygen atoms in total. The van der Waals surface area contributed by atoms with Crippen LogP contribution in [0.15, 0.2) is 12.7 Å². The van der Waals surface area contributed by atoms with Crippen molar-refractivity contribution >= 4 is 0 Å². The van der Waals surface area contributed by atoms with Gasteiger partial charge in [-0.2, -0.15) is 0 Å². The lowest BCUT2D eigenvalue weighted by atomic mass is 9.91. The second-order valence-electron chi connectivity index (χ2n) is 5.37. The van der Waals surface area contributed by atoms with E-state index >= 15 is 0 Å². The molecule has 0 aromatic rings. The third-order valence-electron chi connectivity index (χ3n) is 3.52. The fourth-order valence-corrected chi connectivity index (χ4v) is 2.65. The largest absolute Gasteiger partial charge is 0.316 e. The monoisotopic (exact) mass is 209 g/mol. The minimum absolute atomic E-state index is 0.776. The molecule has 2 unspecified atom stereocenters. The Morgan fingerprint density at radius 1 is 1.33 bits per heavy atom. The van der Waals surface area contributed by atoms with E-state index in [-0.39, 0.29) is 0 Å². The molecule has 1 rings (SSSR count). The maximum absolute atomic E-state index is 3.82. The molecule has 0 aliphatic heterocycles. The van der Waals surface area contributed by atoms with Crippen LogP contribution < -0.4 is 5.32 Å². The quantitative estimate of drug-likeness (QED) is 0.632. The fraction of sp³-hybridized carbons (Fsp3) is 0.857. The van der Waals surface area contributed by atoms with Crippen LogP contribution in [0.4, 0.5) is 0 Å². The van der Waals surface area contributed by atoms with Gasteiger partial charge < -0.3 is 5.32 Å². The van der Waals surface area contributed by atoms with E-state index in [1.54, 1.807) is 0 Å².